The molecule has 0 aromatic carbocycles. The van der Waals surface area contributed by atoms with Crippen molar-refractivity contribution < 1.29 is 19.1 Å². The number of rotatable bonds is 4. The van der Waals surface area contributed by atoms with Crippen molar-refractivity contribution in [2.45, 2.75) is 52.9 Å². The van der Waals surface area contributed by atoms with E-state index >= 15 is 0 Å². The van der Waals surface area contributed by atoms with Crippen molar-refractivity contribution in [2.24, 2.45) is 0 Å². The van der Waals surface area contributed by atoms with E-state index in [-0.39, 0.29) is 11.7 Å². The van der Waals surface area contributed by atoms with Crippen LogP contribution < -0.4 is 4.90 Å². The Bertz CT molecular complexity index is 990. The second-order valence-corrected chi connectivity index (χ2v) is 8.99. The maximum Gasteiger partial charge on any atom is 0.415 e. The van der Waals surface area contributed by atoms with E-state index in [1.165, 1.54) is 16.2 Å². The van der Waals surface area contributed by atoms with Gasteiger partial charge in [-0.3, -0.25) is 4.90 Å². The highest BCUT2D eigenvalue weighted by atomic mass is 35.5. The summed E-state index contributed by atoms with van der Waals surface area (Å²) in [5, 5.41) is 10.4. The molecular formula is C20H23ClN2O4S. The molecule has 150 valence electrons. The van der Waals surface area contributed by atoms with Gasteiger partial charge in [-0.25, -0.2) is 9.78 Å². The third-order valence-electron chi connectivity index (χ3n) is 4.04. The molecule has 1 atom stereocenters. The van der Waals surface area contributed by atoms with Crippen LogP contribution in [0.5, 0.6) is 0 Å². The maximum absolute atomic E-state index is 13.0. The molecule has 0 aliphatic carbocycles. The normalized spacial score (nSPS) is 13.0. The fourth-order valence-corrected chi connectivity index (χ4v) is 4.27. The molecule has 0 bridgehead atoms. The van der Waals surface area contributed by atoms with Crippen LogP contribution in [0.4, 0.5) is 10.5 Å². The lowest BCUT2D eigenvalue weighted by molar-refractivity contribution is 0.0575. The van der Waals surface area contributed by atoms with Gasteiger partial charge in [-0.05, 0) is 52.3 Å². The molecule has 0 aliphatic heterocycles. The number of aliphatic hydroxyl groups is 1. The van der Waals surface area contributed by atoms with Crippen molar-refractivity contribution in [2.75, 3.05) is 4.90 Å². The molecule has 8 heteroatoms. The minimum atomic E-state index is -0.662. The van der Waals surface area contributed by atoms with Gasteiger partial charge in [0.2, 0.25) is 0 Å². The Labute approximate surface area is 172 Å². The largest absolute Gasteiger partial charge is 0.467 e. The summed E-state index contributed by atoms with van der Waals surface area (Å²) in [6, 6.07) is 5.19. The average Bonchev–Trinajstić information content (AvgIpc) is 3.19. The van der Waals surface area contributed by atoms with Gasteiger partial charge >= 0.3 is 6.09 Å². The molecule has 0 saturated carbocycles. The van der Waals surface area contributed by atoms with Gasteiger partial charge in [0.15, 0.2) is 0 Å². The quantitative estimate of drug-likeness (QED) is 0.534. The first kappa shape index (κ1) is 20.6. The summed E-state index contributed by atoms with van der Waals surface area (Å²) in [5.41, 5.74) is 1.42. The minimum Gasteiger partial charge on any atom is -0.467 e. The Morgan fingerprint density at radius 1 is 1.46 bits per heavy atom. The highest BCUT2D eigenvalue weighted by molar-refractivity contribution is 7.20. The first-order chi connectivity index (χ1) is 13.1. The number of anilines is 1. The lowest BCUT2D eigenvalue weighted by Crippen LogP contribution is -2.36. The Kier molecular flexibility index (Phi) is 5.70. The van der Waals surface area contributed by atoms with Gasteiger partial charge in [0.1, 0.15) is 16.5 Å². The van der Waals surface area contributed by atoms with Crippen molar-refractivity contribution in [1.29, 1.82) is 0 Å². The van der Waals surface area contributed by atoms with E-state index in [1.54, 1.807) is 31.4 Å². The molecule has 3 aromatic heterocycles. The number of aliphatic hydroxyl groups excluding tert-OH is 1. The number of aryl methyl sites for hydroxylation is 1. The molecule has 1 amide bonds. The van der Waals surface area contributed by atoms with Gasteiger partial charge in [-0.2, -0.15) is 0 Å². The van der Waals surface area contributed by atoms with Gasteiger partial charge in [0.05, 0.1) is 34.8 Å². The van der Waals surface area contributed by atoms with Gasteiger partial charge in [0.25, 0.3) is 0 Å². The number of carbonyl (C=O) groups excluding carboxylic acids is 1. The summed E-state index contributed by atoms with van der Waals surface area (Å²) in [6.07, 6.45) is 0.390. The summed E-state index contributed by atoms with van der Waals surface area (Å²) < 4.78 is 11.8. The van der Waals surface area contributed by atoms with Crippen molar-refractivity contribution in [3.8, 4) is 0 Å². The third-order valence-corrected chi connectivity index (χ3v) is 5.70. The summed E-state index contributed by atoms with van der Waals surface area (Å²) in [5.74, 6) is 0.607. The van der Waals surface area contributed by atoms with Crippen molar-refractivity contribution in [3.63, 3.8) is 0 Å². The predicted molar refractivity (Wildman–Crippen MR) is 111 cm³/mol. The number of nitrogens with zero attached hydrogens (tertiary/aromatic N) is 2. The third kappa shape index (κ3) is 4.32. The van der Waals surface area contributed by atoms with E-state index in [9.17, 15) is 9.90 Å². The first-order valence-electron chi connectivity index (χ1n) is 8.87. The summed E-state index contributed by atoms with van der Waals surface area (Å²) in [6.45, 7) is 9.20. The number of thiophene rings is 1. The fourth-order valence-electron chi connectivity index (χ4n) is 2.87. The number of carbonyl (C=O) groups is 1. The number of hydrogen-bond donors (Lipinski definition) is 1. The number of pyridine rings is 1. The Hall–Kier alpha value is -2.09. The zero-order chi connectivity index (χ0) is 20.6. The number of hydrogen-bond acceptors (Lipinski definition) is 6. The lowest BCUT2D eigenvalue weighted by Gasteiger charge is -2.27. The van der Waals surface area contributed by atoms with Crippen LogP contribution in [0, 0.1) is 6.92 Å². The molecule has 3 heterocycles. The molecule has 1 unspecified atom stereocenters. The Morgan fingerprint density at radius 2 is 2.18 bits per heavy atom. The van der Waals surface area contributed by atoms with Crippen molar-refractivity contribution in [1.82, 2.24) is 4.98 Å². The Morgan fingerprint density at radius 3 is 2.75 bits per heavy atom. The van der Waals surface area contributed by atoms with Crippen LogP contribution in [0.15, 0.2) is 28.9 Å². The van der Waals surface area contributed by atoms with Crippen LogP contribution in [0.25, 0.3) is 10.2 Å². The summed E-state index contributed by atoms with van der Waals surface area (Å²) >= 11 is 7.67. The van der Waals surface area contributed by atoms with Crippen LogP contribution in [-0.2, 0) is 11.3 Å². The molecule has 0 spiro atoms. The van der Waals surface area contributed by atoms with E-state index in [0.717, 1.165) is 15.1 Å². The number of furan rings is 1. The average molecular weight is 423 g/mol. The summed E-state index contributed by atoms with van der Waals surface area (Å²) in [7, 11) is 0. The van der Waals surface area contributed by atoms with Crippen LogP contribution >= 0.6 is 22.9 Å². The van der Waals surface area contributed by atoms with Gasteiger partial charge < -0.3 is 14.3 Å². The predicted octanol–water partition coefficient (Wildman–Crippen LogP) is 5.85. The zero-order valence-corrected chi connectivity index (χ0v) is 18.0. The van der Waals surface area contributed by atoms with Gasteiger partial charge in [0, 0.05) is 10.9 Å². The number of aromatic nitrogens is 1. The molecule has 0 saturated heterocycles. The number of amides is 1. The monoisotopic (exact) mass is 422 g/mol. The van der Waals surface area contributed by atoms with Crippen LogP contribution in [0.1, 0.15) is 50.0 Å². The van der Waals surface area contributed by atoms with Crippen LogP contribution in [0.3, 0.4) is 0 Å². The number of halogens is 1. The smallest absolute Gasteiger partial charge is 0.415 e. The second-order valence-electron chi connectivity index (χ2n) is 7.55. The fraction of sp³-hybridized carbons (Fsp3) is 0.400. The van der Waals surface area contributed by atoms with Crippen molar-refractivity contribution in [3.05, 3.63) is 45.8 Å². The van der Waals surface area contributed by atoms with Gasteiger partial charge in [-0.15, -0.1) is 11.3 Å². The molecule has 0 aliphatic rings. The Balaban J connectivity index is 2.17. The number of ether oxygens (including phenoxy) is 1. The van der Waals surface area contributed by atoms with E-state index < -0.39 is 17.8 Å². The SMILES string of the molecule is Cc1c(C(C)O)sc2c(N(Cc3ccco3)C(=O)OC(C)(C)C)cc(Cl)nc12. The lowest BCUT2D eigenvalue weighted by atomic mass is 10.2. The molecular weight excluding hydrogens is 400 g/mol. The van der Waals surface area contributed by atoms with Crippen LogP contribution in [-0.4, -0.2) is 21.8 Å². The topological polar surface area (TPSA) is 75.8 Å². The highest BCUT2D eigenvalue weighted by Gasteiger charge is 2.28. The van der Waals surface area contributed by atoms with E-state index in [2.05, 4.69) is 4.98 Å². The molecule has 0 fully saturated rings. The molecule has 6 nitrogen and oxygen atoms in total. The van der Waals surface area contributed by atoms with E-state index in [1.807, 2.05) is 27.7 Å². The zero-order valence-electron chi connectivity index (χ0n) is 16.4. The molecule has 3 rings (SSSR count). The van der Waals surface area contributed by atoms with Crippen molar-refractivity contribution >= 4 is 44.9 Å². The standard InChI is InChI=1S/C20H23ClN2O4S/c1-11-16-18(28-17(11)12(2)24)14(9-15(21)22-16)23(10-13-7-6-8-26-13)19(25)27-20(3,4)5/h6-9,12,24H,10H2,1-5H3. The highest BCUT2D eigenvalue weighted by Crippen LogP contribution is 2.41. The molecule has 0 radical (unpaired) electrons. The number of fused-ring (bicyclic) bond motifs is 1. The molecule has 3 aromatic rings. The summed E-state index contributed by atoms with van der Waals surface area (Å²) in [4.78, 5) is 19.7. The van der Waals surface area contributed by atoms with E-state index in [0.29, 0.717) is 17.0 Å². The maximum atomic E-state index is 13.0. The first-order valence-corrected chi connectivity index (χ1v) is 10.1. The van der Waals surface area contributed by atoms with Crippen LogP contribution in [0.2, 0.25) is 5.15 Å². The minimum absolute atomic E-state index is 0.179. The van der Waals surface area contributed by atoms with E-state index in [4.69, 9.17) is 20.8 Å². The van der Waals surface area contributed by atoms with Gasteiger partial charge in [-0.1, -0.05) is 11.6 Å². The molecule has 28 heavy (non-hydrogen) atoms. The second kappa shape index (κ2) is 7.73. The molecule has 1 N–H and O–H groups in total.